The number of benzene rings is 1. The average Bonchev–Trinajstić information content (AvgIpc) is 2.45. The van der Waals surface area contributed by atoms with Gasteiger partial charge >= 0.3 is 10.2 Å². The monoisotopic (exact) mass is 339 g/mol. The van der Waals surface area contributed by atoms with Crippen LogP contribution in [0.2, 0.25) is 0 Å². The fourth-order valence-corrected chi connectivity index (χ4v) is 4.20. The summed E-state index contributed by atoms with van der Waals surface area (Å²) >= 11 is 0. The Morgan fingerprint density at radius 3 is 2.61 bits per heavy atom. The summed E-state index contributed by atoms with van der Waals surface area (Å²) in [5, 5.41) is 2.36. The summed E-state index contributed by atoms with van der Waals surface area (Å²) < 4.78 is 28.6. The minimum Gasteiger partial charge on any atom is -0.345 e. The summed E-state index contributed by atoms with van der Waals surface area (Å²) in [5.41, 5.74) is 1.51. The van der Waals surface area contributed by atoms with Crippen LogP contribution in [0.15, 0.2) is 24.3 Å². The lowest BCUT2D eigenvalue weighted by Gasteiger charge is -2.35. The molecule has 0 bridgehead atoms. The number of hydrogen-bond acceptors (Lipinski definition) is 4. The van der Waals surface area contributed by atoms with Crippen molar-refractivity contribution in [3.8, 4) is 0 Å². The molecule has 1 aromatic rings. The molecule has 0 fully saturated rings. The maximum atomic E-state index is 12.6. The molecule has 8 heteroatoms. The van der Waals surface area contributed by atoms with Gasteiger partial charge in [0.2, 0.25) is 5.91 Å². The standard InChI is InChI=1S/C15H21N3O4S/c1-10-8-9-13-6-4-5-7-14(13)18(10)23(21,22)17-15(20)11(2)16-12(3)19/h4-7,10-11H,8-9H2,1-3H3,(H,16,19)(H,17,20)/t10-,11-/m0/s1. The van der Waals surface area contributed by atoms with Crippen LogP contribution in [0.3, 0.4) is 0 Å². The van der Waals surface area contributed by atoms with Gasteiger partial charge in [0.25, 0.3) is 5.91 Å². The van der Waals surface area contributed by atoms with Crippen LogP contribution in [0.25, 0.3) is 0 Å². The summed E-state index contributed by atoms with van der Waals surface area (Å²) in [6.45, 7) is 4.50. The zero-order valence-electron chi connectivity index (χ0n) is 13.4. The first-order chi connectivity index (χ1) is 10.7. The van der Waals surface area contributed by atoms with Crippen molar-refractivity contribution < 1.29 is 18.0 Å². The highest BCUT2D eigenvalue weighted by atomic mass is 32.2. The van der Waals surface area contributed by atoms with E-state index in [9.17, 15) is 18.0 Å². The minimum atomic E-state index is -4.04. The van der Waals surface area contributed by atoms with Crippen LogP contribution in [-0.2, 0) is 26.2 Å². The summed E-state index contributed by atoms with van der Waals surface area (Å²) in [5.74, 6) is -1.17. The van der Waals surface area contributed by atoms with E-state index in [0.29, 0.717) is 12.1 Å². The van der Waals surface area contributed by atoms with Gasteiger partial charge in [-0.3, -0.25) is 13.9 Å². The molecule has 0 spiro atoms. The molecule has 2 atom stereocenters. The van der Waals surface area contributed by atoms with Crippen molar-refractivity contribution in [3.05, 3.63) is 29.8 Å². The van der Waals surface area contributed by atoms with Gasteiger partial charge in [-0.15, -0.1) is 0 Å². The van der Waals surface area contributed by atoms with Gasteiger partial charge < -0.3 is 5.32 Å². The third kappa shape index (κ3) is 3.82. The molecule has 126 valence electrons. The molecular weight excluding hydrogens is 318 g/mol. The van der Waals surface area contributed by atoms with E-state index >= 15 is 0 Å². The highest BCUT2D eigenvalue weighted by Crippen LogP contribution is 2.32. The number of rotatable bonds is 4. The van der Waals surface area contributed by atoms with Gasteiger partial charge in [-0.25, -0.2) is 4.72 Å². The molecular formula is C15H21N3O4S. The molecule has 2 amide bonds. The molecule has 0 radical (unpaired) electrons. The molecule has 2 rings (SSSR count). The van der Waals surface area contributed by atoms with E-state index in [1.54, 1.807) is 19.1 Å². The minimum absolute atomic E-state index is 0.258. The largest absolute Gasteiger partial charge is 0.345 e. The van der Waals surface area contributed by atoms with Crippen LogP contribution >= 0.6 is 0 Å². The van der Waals surface area contributed by atoms with Crippen molar-refractivity contribution in [2.24, 2.45) is 0 Å². The van der Waals surface area contributed by atoms with Crippen LogP contribution in [0.1, 0.15) is 32.8 Å². The fourth-order valence-electron chi connectivity index (χ4n) is 2.66. The molecule has 1 aliphatic rings. The molecule has 0 unspecified atom stereocenters. The highest BCUT2D eigenvalue weighted by Gasteiger charge is 2.34. The molecule has 0 saturated carbocycles. The first kappa shape index (κ1) is 17.3. The summed E-state index contributed by atoms with van der Waals surface area (Å²) in [6, 6.07) is 6.04. The van der Waals surface area contributed by atoms with Gasteiger partial charge in [0.1, 0.15) is 6.04 Å². The number of anilines is 1. The maximum absolute atomic E-state index is 12.6. The molecule has 0 aliphatic carbocycles. The van der Waals surface area contributed by atoms with E-state index in [4.69, 9.17) is 0 Å². The SMILES string of the molecule is CC(=O)N[C@@H](C)C(=O)NS(=O)(=O)N1c2ccccc2CC[C@@H]1C. The number of carbonyl (C=O) groups excluding carboxylic acids is 2. The molecule has 2 N–H and O–H groups in total. The Balaban J connectivity index is 2.26. The lowest BCUT2D eigenvalue weighted by Crippen LogP contribution is -2.53. The van der Waals surface area contributed by atoms with E-state index in [1.807, 2.05) is 16.9 Å². The highest BCUT2D eigenvalue weighted by molar-refractivity contribution is 7.91. The zero-order chi connectivity index (χ0) is 17.2. The van der Waals surface area contributed by atoms with E-state index < -0.39 is 28.1 Å². The number of hydrogen-bond donors (Lipinski definition) is 2. The van der Waals surface area contributed by atoms with Crippen LogP contribution in [0, 0.1) is 0 Å². The second-order valence-electron chi connectivity index (χ2n) is 5.71. The van der Waals surface area contributed by atoms with Gasteiger partial charge in [-0.05, 0) is 38.3 Å². The van der Waals surface area contributed by atoms with Gasteiger partial charge in [-0.1, -0.05) is 18.2 Å². The van der Waals surface area contributed by atoms with Crippen LogP contribution in [0.5, 0.6) is 0 Å². The Morgan fingerprint density at radius 2 is 1.96 bits per heavy atom. The topological polar surface area (TPSA) is 95.6 Å². The maximum Gasteiger partial charge on any atom is 0.326 e. The molecule has 0 aromatic heterocycles. The smallest absolute Gasteiger partial charge is 0.326 e. The molecule has 7 nitrogen and oxygen atoms in total. The number of nitrogens with zero attached hydrogens (tertiary/aromatic N) is 1. The lowest BCUT2D eigenvalue weighted by atomic mass is 9.99. The quantitative estimate of drug-likeness (QED) is 0.845. The van der Waals surface area contributed by atoms with E-state index in [1.165, 1.54) is 18.2 Å². The Morgan fingerprint density at radius 1 is 1.30 bits per heavy atom. The van der Waals surface area contributed by atoms with Gasteiger partial charge in [0.05, 0.1) is 5.69 Å². The summed E-state index contributed by atoms with van der Waals surface area (Å²) in [6.07, 6.45) is 1.47. The Hall–Kier alpha value is -2.09. The van der Waals surface area contributed by atoms with Gasteiger partial charge in [-0.2, -0.15) is 8.42 Å². The fraction of sp³-hybridized carbons (Fsp3) is 0.467. The van der Waals surface area contributed by atoms with Gasteiger partial charge in [0.15, 0.2) is 0 Å². The van der Waals surface area contributed by atoms with Crippen molar-refractivity contribution in [3.63, 3.8) is 0 Å². The molecule has 1 heterocycles. The van der Waals surface area contributed by atoms with Crippen molar-refractivity contribution in [1.29, 1.82) is 0 Å². The number of nitrogens with one attached hydrogen (secondary N) is 2. The first-order valence-electron chi connectivity index (χ1n) is 7.43. The van der Waals surface area contributed by atoms with E-state index in [0.717, 1.165) is 12.0 Å². The van der Waals surface area contributed by atoms with E-state index in [2.05, 4.69) is 5.32 Å². The van der Waals surface area contributed by atoms with Crippen LogP contribution in [0.4, 0.5) is 5.69 Å². The van der Waals surface area contributed by atoms with Crippen molar-refractivity contribution in [2.45, 2.75) is 45.7 Å². The lowest BCUT2D eigenvalue weighted by molar-refractivity contribution is -0.126. The third-order valence-corrected chi connectivity index (χ3v) is 5.30. The van der Waals surface area contributed by atoms with Crippen molar-refractivity contribution in [1.82, 2.24) is 10.0 Å². The van der Waals surface area contributed by atoms with Crippen molar-refractivity contribution in [2.75, 3.05) is 4.31 Å². The second kappa shape index (κ2) is 6.57. The first-order valence-corrected chi connectivity index (χ1v) is 8.87. The predicted octanol–water partition coefficient (Wildman–Crippen LogP) is 0.713. The zero-order valence-corrected chi connectivity index (χ0v) is 14.2. The van der Waals surface area contributed by atoms with Gasteiger partial charge in [0, 0.05) is 13.0 Å². The molecule has 1 aromatic carbocycles. The number of aryl methyl sites for hydroxylation is 1. The van der Waals surface area contributed by atoms with Crippen LogP contribution in [-0.4, -0.2) is 32.3 Å². The number of para-hydroxylation sites is 1. The number of fused-ring (bicyclic) bond motifs is 1. The van der Waals surface area contributed by atoms with Crippen LogP contribution < -0.4 is 14.3 Å². The molecule has 23 heavy (non-hydrogen) atoms. The second-order valence-corrected chi connectivity index (χ2v) is 7.25. The summed E-state index contributed by atoms with van der Waals surface area (Å²) in [7, 11) is -4.04. The average molecular weight is 339 g/mol. The normalized spacial score (nSPS) is 18.7. The Kier molecular flexibility index (Phi) is 4.93. The number of carbonyl (C=O) groups is 2. The molecule has 0 saturated heterocycles. The Labute approximate surface area is 136 Å². The molecule has 1 aliphatic heterocycles. The predicted molar refractivity (Wildman–Crippen MR) is 87.0 cm³/mol. The van der Waals surface area contributed by atoms with Crippen molar-refractivity contribution >= 4 is 27.7 Å². The Bertz CT molecular complexity index is 717. The number of amides is 2. The third-order valence-electron chi connectivity index (χ3n) is 3.76. The summed E-state index contributed by atoms with van der Waals surface area (Å²) in [4.78, 5) is 23.0. The van der Waals surface area contributed by atoms with E-state index in [-0.39, 0.29) is 6.04 Å².